The van der Waals surface area contributed by atoms with E-state index in [1.165, 1.54) is 37.4 Å². The molecule has 0 radical (unpaired) electrons. The van der Waals surface area contributed by atoms with Crippen LogP contribution in [0.15, 0.2) is 35.2 Å². The van der Waals surface area contributed by atoms with Gasteiger partial charge in [0.1, 0.15) is 17.5 Å². The number of rotatable bonds is 3. The molecular weight excluding hydrogens is 381 g/mol. The van der Waals surface area contributed by atoms with Gasteiger partial charge in [-0.2, -0.15) is 18.4 Å². The summed E-state index contributed by atoms with van der Waals surface area (Å²) in [5, 5.41) is 9.08. The van der Waals surface area contributed by atoms with Crippen molar-refractivity contribution in [1.29, 1.82) is 5.26 Å². The first kappa shape index (κ1) is 18.7. The van der Waals surface area contributed by atoms with Crippen LogP contribution in [0.5, 0.6) is 0 Å². The molecule has 0 saturated heterocycles. The van der Waals surface area contributed by atoms with Gasteiger partial charge in [0, 0.05) is 11.9 Å². The number of carbonyl (C=O) groups excluding carboxylic acids is 1. The molecule has 3 aromatic rings. The van der Waals surface area contributed by atoms with Crippen LogP contribution in [0.3, 0.4) is 0 Å². The fourth-order valence-corrected chi connectivity index (χ4v) is 3.13. The fraction of sp³-hybridized carbons (Fsp3) is 0.176. The highest BCUT2D eigenvalue weighted by Gasteiger charge is 2.29. The second kappa shape index (κ2) is 6.92. The molecule has 0 amide bonds. The summed E-state index contributed by atoms with van der Waals surface area (Å²) >= 11 is -0.238. The van der Waals surface area contributed by atoms with E-state index in [2.05, 4.69) is 9.97 Å². The van der Waals surface area contributed by atoms with Gasteiger partial charge in [0.05, 0.1) is 23.7 Å². The highest BCUT2D eigenvalue weighted by atomic mass is 32.2. The van der Waals surface area contributed by atoms with Gasteiger partial charge < -0.3 is 9.30 Å². The number of hydrogen-bond donors (Lipinski definition) is 0. The Morgan fingerprint density at radius 1 is 1.26 bits per heavy atom. The van der Waals surface area contributed by atoms with E-state index in [0.29, 0.717) is 11.0 Å². The summed E-state index contributed by atoms with van der Waals surface area (Å²) < 4.78 is 44.1. The van der Waals surface area contributed by atoms with Crippen molar-refractivity contribution >= 4 is 28.8 Å². The largest absolute Gasteiger partial charge is 0.465 e. The monoisotopic (exact) mass is 392 g/mol. The second-order valence-electron chi connectivity index (χ2n) is 5.39. The molecule has 1 aromatic carbocycles. The zero-order chi connectivity index (χ0) is 19.8. The lowest BCUT2D eigenvalue weighted by molar-refractivity contribution is -0.0328. The zero-order valence-corrected chi connectivity index (χ0v) is 14.9. The number of esters is 1. The molecule has 10 heteroatoms. The van der Waals surface area contributed by atoms with Crippen LogP contribution in [0.2, 0.25) is 0 Å². The van der Waals surface area contributed by atoms with E-state index in [1.807, 2.05) is 6.07 Å². The number of hydrogen-bond acceptors (Lipinski definition) is 6. The summed E-state index contributed by atoms with van der Waals surface area (Å²) in [6.45, 7) is 0. The first-order chi connectivity index (χ1) is 12.7. The molecule has 0 saturated carbocycles. The number of nitrogens with zero attached hydrogens (tertiary/aromatic N) is 4. The van der Waals surface area contributed by atoms with Crippen molar-refractivity contribution in [1.82, 2.24) is 14.5 Å². The Labute approximate surface area is 155 Å². The molecule has 0 spiro atoms. The smallest absolute Gasteiger partial charge is 0.446 e. The van der Waals surface area contributed by atoms with E-state index in [0.717, 1.165) is 0 Å². The van der Waals surface area contributed by atoms with Crippen molar-refractivity contribution in [2.75, 3.05) is 7.11 Å². The van der Waals surface area contributed by atoms with Crippen molar-refractivity contribution in [3.63, 3.8) is 0 Å². The van der Waals surface area contributed by atoms with E-state index >= 15 is 0 Å². The molecule has 0 atom stereocenters. The molecule has 0 aliphatic rings. The second-order valence-corrected chi connectivity index (χ2v) is 6.53. The van der Waals surface area contributed by atoms with Gasteiger partial charge in [-0.1, -0.05) is 0 Å². The quantitative estimate of drug-likeness (QED) is 0.497. The van der Waals surface area contributed by atoms with Gasteiger partial charge in [0.25, 0.3) is 0 Å². The maximum Gasteiger partial charge on any atom is 0.446 e. The summed E-state index contributed by atoms with van der Waals surface area (Å²) in [6, 6.07) is 8.81. The predicted octanol–water partition coefficient (Wildman–Crippen LogP) is 3.91. The third-order valence-electron chi connectivity index (χ3n) is 3.71. The predicted molar refractivity (Wildman–Crippen MR) is 91.9 cm³/mol. The third kappa shape index (κ3) is 3.73. The third-order valence-corrected chi connectivity index (χ3v) is 4.43. The highest BCUT2D eigenvalue weighted by Crippen LogP contribution is 2.38. The minimum Gasteiger partial charge on any atom is -0.465 e. The number of imidazole rings is 1. The molecule has 2 heterocycles. The van der Waals surface area contributed by atoms with E-state index in [4.69, 9.17) is 10.00 Å². The number of halogens is 3. The normalized spacial score (nSPS) is 11.4. The van der Waals surface area contributed by atoms with Gasteiger partial charge >= 0.3 is 11.5 Å². The number of nitriles is 1. The van der Waals surface area contributed by atoms with Crippen LogP contribution in [0.25, 0.3) is 22.6 Å². The maximum absolute atomic E-state index is 12.6. The zero-order valence-electron chi connectivity index (χ0n) is 14.0. The van der Waals surface area contributed by atoms with Crippen molar-refractivity contribution in [3.8, 4) is 17.6 Å². The van der Waals surface area contributed by atoms with E-state index in [9.17, 15) is 18.0 Å². The highest BCUT2D eigenvalue weighted by molar-refractivity contribution is 8.00. The minimum atomic E-state index is -4.41. The number of fused-ring (bicyclic) bond motifs is 1. The van der Waals surface area contributed by atoms with Crippen LogP contribution in [0, 0.1) is 11.3 Å². The Bertz CT molecular complexity index is 1090. The summed E-state index contributed by atoms with van der Waals surface area (Å²) in [6.07, 6.45) is 0. The van der Waals surface area contributed by atoms with Crippen molar-refractivity contribution < 1.29 is 22.7 Å². The number of methoxy groups -OCH3 is 1. The van der Waals surface area contributed by atoms with Crippen LogP contribution >= 0.6 is 11.8 Å². The Morgan fingerprint density at radius 2 is 2.00 bits per heavy atom. The van der Waals surface area contributed by atoms with Gasteiger partial charge in [-0.15, -0.1) is 0 Å². The Hall–Kier alpha value is -3.06. The van der Waals surface area contributed by atoms with E-state index in [-0.39, 0.29) is 39.4 Å². The first-order valence-electron chi connectivity index (χ1n) is 7.45. The molecule has 0 aliphatic carbocycles. The van der Waals surface area contributed by atoms with Crippen molar-refractivity contribution in [2.45, 2.75) is 10.4 Å². The summed E-state index contributed by atoms with van der Waals surface area (Å²) in [5.74, 6) is -0.431. The van der Waals surface area contributed by atoms with Crippen LogP contribution in [-0.4, -0.2) is 33.1 Å². The SMILES string of the molecule is COC(=O)c1ccc(C#N)nc1-c1nc2cc(SC(F)(F)F)ccc2n1C. The molecule has 0 unspecified atom stereocenters. The number of pyridine rings is 1. The average Bonchev–Trinajstić information content (AvgIpc) is 2.95. The Morgan fingerprint density at radius 3 is 2.63 bits per heavy atom. The lowest BCUT2D eigenvalue weighted by Gasteiger charge is -2.07. The van der Waals surface area contributed by atoms with Crippen LogP contribution < -0.4 is 0 Å². The topological polar surface area (TPSA) is 80.8 Å². The van der Waals surface area contributed by atoms with Crippen molar-refractivity contribution in [2.24, 2.45) is 7.05 Å². The standard InChI is InChI=1S/C17H11F3N4O2S/c1-24-13-6-4-10(27-17(18,19)20)7-12(13)23-15(24)14-11(16(25)26-2)5-3-9(8-21)22-14/h3-7H,1-2H3. The average molecular weight is 392 g/mol. The number of aromatic nitrogens is 3. The van der Waals surface area contributed by atoms with Crippen LogP contribution in [0.4, 0.5) is 13.2 Å². The summed E-state index contributed by atoms with van der Waals surface area (Å²) in [5.41, 5.74) is -3.27. The van der Waals surface area contributed by atoms with Gasteiger partial charge in [-0.3, -0.25) is 0 Å². The number of ether oxygens (including phenoxy) is 1. The molecule has 3 rings (SSSR count). The number of alkyl halides is 3. The molecule has 138 valence electrons. The van der Waals surface area contributed by atoms with Crippen LogP contribution in [0.1, 0.15) is 16.1 Å². The molecule has 6 nitrogen and oxygen atoms in total. The summed E-state index contributed by atoms with van der Waals surface area (Å²) in [7, 11) is 2.85. The number of thioether (sulfide) groups is 1. The fourth-order valence-electron chi connectivity index (χ4n) is 2.56. The molecule has 0 bridgehead atoms. The van der Waals surface area contributed by atoms with Crippen LogP contribution in [-0.2, 0) is 11.8 Å². The molecule has 0 N–H and O–H groups in total. The molecule has 0 aliphatic heterocycles. The van der Waals surface area contributed by atoms with Gasteiger partial charge in [0.2, 0.25) is 0 Å². The maximum atomic E-state index is 12.6. The minimum absolute atomic E-state index is 0.00780. The molecule has 27 heavy (non-hydrogen) atoms. The Balaban J connectivity index is 2.19. The molecule has 0 fully saturated rings. The molecule has 2 aromatic heterocycles. The Kier molecular flexibility index (Phi) is 4.80. The lowest BCUT2D eigenvalue weighted by atomic mass is 10.1. The number of carbonyl (C=O) groups is 1. The first-order valence-corrected chi connectivity index (χ1v) is 8.27. The molecular formula is C17H11F3N4O2S. The van der Waals surface area contributed by atoms with Gasteiger partial charge in [-0.05, 0) is 42.1 Å². The summed E-state index contributed by atoms with van der Waals surface area (Å²) in [4.78, 5) is 20.5. The van der Waals surface area contributed by atoms with Gasteiger partial charge in [-0.25, -0.2) is 14.8 Å². The lowest BCUT2D eigenvalue weighted by Crippen LogP contribution is -2.08. The van der Waals surface area contributed by atoms with Crippen molar-refractivity contribution in [3.05, 3.63) is 41.6 Å². The number of aryl methyl sites for hydroxylation is 1. The van der Waals surface area contributed by atoms with Gasteiger partial charge in [0.15, 0.2) is 5.82 Å². The number of benzene rings is 1. The van der Waals surface area contributed by atoms with E-state index < -0.39 is 11.5 Å². The van der Waals surface area contributed by atoms with E-state index in [1.54, 1.807) is 11.6 Å².